The van der Waals surface area contributed by atoms with Crippen molar-refractivity contribution in [2.45, 2.75) is 51.0 Å². The van der Waals surface area contributed by atoms with Gasteiger partial charge in [-0.15, -0.1) is 0 Å². The first kappa shape index (κ1) is 9.81. The van der Waals surface area contributed by atoms with Crippen molar-refractivity contribution in [1.29, 1.82) is 0 Å². The molecule has 1 N–H and O–H groups in total. The Hall–Kier alpha value is -0.730. The first-order valence-corrected chi connectivity index (χ1v) is 5.78. The highest BCUT2D eigenvalue weighted by atomic mass is 16.6. The molecule has 1 unspecified atom stereocenters. The fraction of sp³-hybridized carbons (Fsp3) is 0.909. The van der Waals surface area contributed by atoms with Crippen molar-refractivity contribution < 1.29 is 9.53 Å². The minimum Gasteiger partial charge on any atom is -0.447 e. The summed E-state index contributed by atoms with van der Waals surface area (Å²) >= 11 is 0. The highest BCUT2D eigenvalue weighted by Gasteiger charge is 2.23. The lowest BCUT2D eigenvalue weighted by Crippen LogP contribution is -2.26. The monoisotopic (exact) mass is 197 g/mol. The van der Waals surface area contributed by atoms with Crippen LogP contribution in [0.1, 0.15) is 44.9 Å². The second-order valence-electron chi connectivity index (χ2n) is 4.52. The second-order valence-corrected chi connectivity index (χ2v) is 4.52. The van der Waals surface area contributed by atoms with Gasteiger partial charge in [-0.05, 0) is 18.8 Å². The van der Waals surface area contributed by atoms with E-state index in [2.05, 4.69) is 5.32 Å². The van der Waals surface area contributed by atoms with E-state index in [1.54, 1.807) is 0 Å². The van der Waals surface area contributed by atoms with Gasteiger partial charge in [0, 0.05) is 0 Å². The molecule has 1 aliphatic carbocycles. The van der Waals surface area contributed by atoms with Gasteiger partial charge in [-0.1, -0.05) is 32.1 Å². The molecule has 0 aromatic carbocycles. The maximum atomic E-state index is 10.8. The van der Waals surface area contributed by atoms with Crippen LogP contribution in [0.3, 0.4) is 0 Å². The summed E-state index contributed by atoms with van der Waals surface area (Å²) in [4.78, 5) is 10.8. The van der Waals surface area contributed by atoms with Crippen molar-refractivity contribution in [3.63, 3.8) is 0 Å². The van der Waals surface area contributed by atoms with Gasteiger partial charge in [-0.2, -0.15) is 0 Å². The van der Waals surface area contributed by atoms with E-state index < -0.39 is 0 Å². The standard InChI is InChI=1S/C11H19NO2/c13-11-12-10(8-14-11)7-6-9-4-2-1-3-5-9/h9-10H,1-8H2,(H,12,13). The lowest BCUT2D eigenvalue weighted by molar-refractivity contribution is 0.176. The quantitative estimate of drug-likeness (QED) is 0.754. The van der Waals surface area contributed by atoms with Gasteiger partial charge in [-0.3, -0.25) is 0 Å². The zero-order chi connectivity index (χ0) is 9.80. The molecule has 1 atom stereocenters. The van der Waals surface area contributed by atoms with E-state index >= 15 is 0 Å². The average molecular weight is 197 g/mol. The van der Waals surface area contributed by atoms with Crippen LogP contribution in [0, 0.1) is 5.92 Å². The van der Waals surface area contributed by atoms with Crippen LogP contribution in [0.2, 0.25) is 0 Å². The predicted octanol–water partition coefficient (Wildman–Crippen LogP) is 2.46. The van der Waals surface area contributed by atoms with E-state index in [1.165, 1.54) is 38.5 Å². The third-order valence-corrected chi connectivity index (χ3v) is 3.39. The molecule has 80 valence electrons. The second kappa shape index (κ2) is 4.67. The van der Waals surface area contributed by atoms with Crippen LogP contribution in [0.15, 0.2) is 0 Å². The van der Waals surface area contributed by atoms with E-state index in [0.29, 0.717) is 6.61 Å². The number of alkyl carbamates (subject to hydrolysis) is 1. The van der Waals surface area contributed by atoms with E-state index in [4.69, 9.17) is 4.74 Å². The summed E-state index contributed by atoms with van der Waals surface area (Å²) in [5.74, 6) is 0.904. The third kappa shape index (κ3) is 2.63. The van der Waals surface area contributed by atoms with Crippen molar-refractivity contribution in [2.24, 2.45) is 5.92 Å². The molecule has 2 aliphatic rings. The molecule has 2 fully saturated rings. The van der Waals surface area contributed by atoms with Gasteiger partial charge in [0.15, 0.2) is 0 Å². The van der Waals surface area contributed by atoms with Crippen LogP contribution >= 0.6 is 0 Å². The maximum absolute atomic E-state index is 10.8. The Bertz CT molecular complexity index is 199. The summed E-state index contributed by atoms with van der Waals surface area (Å²) in [6, 6.07) is 0.282. The highest BCUT2D eigenvalue weighted by Crippen LogP contribution is 2.27. The van der Waals surface area contributed by atoms with Crippen LogP contribution in [-0.4, -0.2) is 18.7 Å². The number of carbonyl (C=O) groups excluding carboxylic acids is 1. The Morgan fingerprint density at radius 3 is 2.64 bits per heavy atom. The molecule has 2 rings (SSSR count). The summed E-state index contributed by atoms with van der Waals surface area (Å²) in [5.41, 5.74) is 0. The van der Waals surface area contributed by atoms with E-state index in [9.17, 15) is 4.79 Å². The zero-order valence-electron chi connectivity index (χ0n) is 8.63. The number of carbonyl (C=O) groups is 1. The van der Waals surface area contributed by atoms with Crippen LogP contribution < -0.4 is 5.32 Å². The lowest BCUT2D eigenvalue weighted by atomic mass is 9.85. The van der Waals surface area contributed by atoms with Crippen LogP contribution in [-0.2, 0) is 4.74 Å². The molecule has 14 heavy (non-hydrogen) atoms. The lowest BCUT2D eigenvalue weighted by Gasteiger charge is -2.22. The summed E-state index contributed by atoms with van der Waals surface area (Å²) < 4.78 is 4.86. The fourth-order valence-corrected chi connectivity index (χ4v) is 2.49. The van der Waals surface area contributed by atoms with Crippen molar-refractivity contribution in [1.82, 2.24) is 5.32 Å². The number of hydrogen-bond acceptors (Lipinski definition) is 2. The van der Waals surface area contributed by atoms with Gasteiger partial charge in [0.25, 0.3) is 0 Å². The molecular weight excluding hydrogens is 178 g/mol. The molecule has 0 bridgehead atoms. The minimum atomic E-state index is -0.237. The number of hydrogen-bond donors (Lipinski definition) is 1. The number of amides is 1. The van der Waals surface area contributed by atoms with Gasteiger partial charge in [0.05, 0.1) is 6.04 Å². The zero-order valence-corrected chi connectivity index (χ0v) is 8.63. The van der Waals surface area contributed by atoms with Crippen LogP contribution in [0.25, 0.3) is 0 Å². The molecule has 0 aromatic rings. The van der Waals surface area contributed by atoms with Gasteiger partial charge in [-0.25, -0.2) is 4.79 Å². The summed E-state index contributed by atoms with van der Waals surface area (Å²) in [5, 5.41) is 2.83. The Morgan fingerprint density at radius 1 is 1.21 bits per heavy atom. The first-order valence-electron chi connectivity index (χ1n) is 5.78. The molecule has 1 heterocycles. The molecule has 0 radical (unpaired) electrons. The van der Waals surface area contributed by atoms with E-state index in [1.807, 2.05) is 0 Å². The molecule has 3 heteroatoms. The van der Waals surface area contributed by atoms with Crippen molar-refractivity contribution in [2.75, 3.05) is 6.61 Å². The number of cyclic esters (lactones) is 1. The summed E-state index contributed by atoms with van der Waals surface area (Å²) in [6.45, 7) is 0.575. The Balaban J connectivity index is 1.63. The van der Waals surface area contributed by atoms with Crippen molar-refractivity contribution in [3.8, 4) is 0 Å². The van der Waals surface area contributed by atoms with E-state index in [0.717, 1.165) is 12.3 Å². The van der Waals surface area contributed by atoms with Crippen LogP contribution in [0.5, 0.6) is 0 Å². The molecule has 3 nitrogen and oxygen atoms in total. The fourth-order valence-electron chi connectivity index (χ4n) is 2.49. The highest BCUT2D eigenvalue weighted by molar-refractivity contribution is 5.69. The smallest absolute Gasteiger partial charge is 0.407 e. The van der Waals surface area contributed by atoms with E-state index in [-0.39, 0.29) is 12.1 Å². The molecule has 0 spiro atoms. The molecule has 1 saturated heterocycles. The number of nitrogens with one attached hydrogen (secondary N) is 1. The number of rotatable bonds is 3. The Kier molecular flexibility index (Phi) is 3.27. The molecule has 1 saturated carbocycles. The third-order valence-electron chi connectivity index (χ3n) is 3.39. The minimum absolute atomic E-state index is 0.237. The van der Waals surface area contributed by atoms with Gasteiger partial charge < -0.3 is 10.1 Å². The molecule has 0 aromatic heterocycles. The predicted molar refractivity (Wildman–Crippen MR) is 54.1 cm³/mol. The van der Waals surface area contributed by atoms with Gasteiger partial charge in [0.1, 0.15) is 6.61 Å². The van der Waals surface area contributed by atoms with Gasteiger partial charge in [0.2, 0.25) is 0 Å². The van der Waals surface area contributed by atoms with Gasteiger partial charge >= 0.3 is 6.09 Å². The molecule has 1 amide bonds. The largest absolute Gasteiger partial charge is 0.447 e. The van der Waals surface area contributed by atoms with Crippen LogP contribution in [0.4, 0.5) is 4.79 Å². The molecule has 1 aliphatic heterocycles. The Labute approximate surface area is 85.2 Å². The molecular formula is C11H19NO2. The number of ether oxygens (including phenoxy) is 1. The van der Waals surface area contributed by atoms with Crippen molar-refractivity contribution >= 4 is 6.09 Å². The summed E-state index contributed by atoms with van der Waals surface area (Å²) in [6.07, 6.45) is 9.11. The maximum Gasteiger partial charge on any atom is 0.407 e. The summed E-state index contributed by atoms with van der Waals surface area (Å²) in [7, 11) is 0. The normalized spacial score (nSPS) is 28.6. The van der Waals surface area contributed by atoms with Crippen molar-refractivity contribution in [3.05, 3.63) is 0 Å². The first-order chi connectivity index (χ1) is 6.84. The Morgan fingerprint density at radius 2 is 2.00 bits per heavy atom. The average Bonchev–Trinajstić information content (AvgIpc) is 2.63. The topological polar surface area (TPSA) is 38.3 Å². The SMILES string of the molecule is O=C1NC(CCC2CCCCC2)CO1.